The molecule has 0 spiro atoms. The summed E-state index contributed by atoms with van der Waals surface area (Å²) in [7, 11) is 0. The lowest BCUT2D eigenvalue weighted by molar-refractivity contribution is -0.170. The Morgan fingerprint density at radius 3 is 2.53 bits per heavy atom. The molecule has 1 saturated heterocycles. The fraction of sp³-hybridized carbons (Fsp3) is 0.846. The van der Waals surface area contributed by atoms with Crippen LogP contribution in [-0.2, 0) is 14.3 Å². The third-order valence-electron chi connectivity index (χ3n) is 3.14. The molecule has 1 aliphatic heterocycles. The second-order valence-electron chi connectivity index (χ2n) is 5.31. The fourth-order valence-corrected chi connectivity index (χ4v) is 1.68. The minimum absolute atomic E-state index is 0.0120. The number of urea groups is 1. The quantitative estimate of drug-likeness (QED) is 0.679. The molecule has 1 fully saturated rings. The number of carbonyl (C=O) groups is 2. The Morgan fingerprint density at radius 1 is 1.37 bits per heavy atom. The van der Waals surface area contributed by atoms with Gasteiger partial charge in [-0.05, 0) is 20.3 Å². The topological polar surface area (TPSA) is 76.7 Å². The first-order valence-electron chi connectivity index (χ1n) is 6.75. The SMILES string of the molecule is CCC1(COC(=O)CCNC(=O)NC(C)C)COC1. The minimum Gasteiger partial charge on any atom is -0.465 e. The van der Waals surface area contributed by atoms with Gasteiger partial charge in [-0.15, -0.1) is 0 Å². The Bertz CT molecular complexity index is 308. The Morgan fingerprint density at radius 2 is 2.05 bits per heavy atom. The molecule has 0 unspecified atom stereocenters. The van der Waals surface area contributed by atoms with Crippen LogP contribution in [-0.4, -0.2) is 44.4 Å². The highest BCUT2D eigenvalue weighted by molar-refractivity contribution is 5.75. The Balaban J connectivity index is 2.09. The molecule has 0 aliphatic carbocycles. The molecule has 2 N–H and O–H groups in total. The first kappa shape index (κ1) is 15.8. The van der Waals surface area contributed by atoms with Gasteiger partial charge in [0.2, 0.25) is 0 Å². The van der Waals surface area contributed by atoms with Crippen LogP contribution in [0.5, 0.6) is 0 Å². The zero-order chi connectivity index (χ0) is 14.3. The van der Waals surface area contributed by atoms with Gasteiger partial charge in [0.05, 0.1) is 25.0 Å². The van der Waals surface area contributed by atoms with Crippen molar-refractivity contribution in [3.8, 4) is 0 Å². The largest absolute Gasteiger partial charge is 0.465 e. The van der Waals surface area contributed by atoms with Crippen LogP contribution < -0.4 is 10.6 Å². The summed E-state index contributed by atoms with van der Waals surface area (Å²) >= 11 is 0. The summed E-state index contributed by atoms with van der Waals surface area (Å²) in [6.07, 6.45) is 1.13. The van der Waals surface area contributed by atoms with Crippen LogP contribution in [0.3, 0.4) is 0 Å². The maximum atomic E-state index is 11.5. The van der Waals surface area contributed by atoms with Gasteiger partial charge in [0, 0.05) is 12.6 Å². The lowest BCUT2D eigenvalue weighted by Crippen LogP contribution is -2.46. The van der Waals surface area contributed by atoms with Gasteiger partial charge in [0.1, 0.15) is 6.61 Å². The molecule has 0 bridgehead atoms. The standard InChI is InChI=1S/C13H24N2O4/c1-4-13(7-18-8-13)9-19-11(16)5-6-14-12(17)15-10(2)3/h10H,4-9H2,1-3H3,(H2,14,15,17). The first-order chi connectivity index (χ1) is 8.97. The molecule has 6 heteroatoms. The van der Waals surface area contributed by atoms with Crippen LogP contribution in [0.4, 0.5) is 4.79 Å². The molecule has 0 radical (unpaired) electrons. The van der Waals surface area contributed by atoms with Crippen molar-refractivity contribution in [3.05, 3.63) is 0 Å². The number of nitrogens with one attached hydrogen (secondary N) is 2. The molecule has 110 valence electrons. The van der Waals surface area contributed by atoms with Crippen molar-refractivity contribution in [2.75, 3.05) is 26.4 Å². The molecular weight excluding hydrogens is 248 g/mol. The summed E-state index contributed by atoms with van der Waals surface area (Å²) in [6, 6.07) is -0.185. The average molecular weight is 272 g/mol. The van der Waals surface area contributed by atoms with Crippen molar-refractivity contribution in [2.45, 2.75) is 39.7 Å². The van der Waals surface area contributed by atoms with E-state index in [-0.39, 0.29) is 36.4 Å². The lowest BCUT2D eigenvalue weighted by atomic mass is 9.84. The van der Waals surface area contributed by atoms with Gasteiger partial charge in [-0.1, -0.05) is 6.92 Å². The summed E-state index contributed by atoms with van der Waals surface area (Å²) in [6.45, 7) is 7.82. The number of esters is 1. The minimum atomic E-state index is -0.287. The molecule has 1 aliphatic rings. The van der Waals surface area contributed by atoms with E-state index >= 15 is 0 Å². The Labute approximate surface area is 114 Å². The summed E-state index contributed by atoms with van der Waals surface area (Å²) in [5.41, 5.74) is 0.0120. The van der Waals surface area contributed by atoms with Crippen molar-refractivity contribution in [1.29, 1.82) is 0 Å². The molecule has 1 rings (SSSR count). The van der Waals surface area contributed by atoms with Gasteiger partial charge in [-0.3, -0.25) is 4.79 Å². The van der Waals surface area contributed by atoms with Gasteiger partial charge in [0.15, 0.2) is 0 Å². The summed E-state index contributed by atoms with van der Waals surface area (Å²) in [5, 5.41) is 5.29. The molecule has 0 atom stereocenters. The Kier molecular flexibility index (Phi) is 6.08. The van der Waals surface area contributed by atoms with Crippen LogP contribution in [0.15, 0.2) is 0 Å². The number of ether oxygens (including phenoxy) is 2. The van der Waals surface area contributed by atoms with Crippen LogP contribution >= 0.6 is 0 Å². The van der Waals surface area contributed by atoms with Crippen molar-refractivity contribution < 1.29 is 19.1 Å². The van der Waals surface area contributed by atoms with Crippen molar-refractivity contribution in [3.63, 3.8) is 0 Å². The highest BCUT2D eigenvalue weighted by atomic mass is 16.5. The molecule has 2 amide bonds. The number of rotatable bonds is 7. The maximum absolute atomic E-state index is 11.5. The summed E-state index contributed by atoms with van der Waals surface area (Å²) < 4.78 is 10.4. The van der Waals surface area contributed by atoms with Crippen LogP contribution in [0.25, 0.3) is 0 Å². The normalized spacial score (nSPS) is 16.6. The predicted octanol–water partition coefficient (Wildman–Crippen LogP) is 1.05. The molecule has 1 heterocycles. The third-order valence-corrected chi connectivity index (χ3v) is 3.14. The lowest BCUT2D eigenvalue weighted by Gasteiger charge is -2.39. The zero-order valence-electron chi connectivity index (χ0n) is 12.0. The van der Waals surface area contributed by atoms with E-state index in [2.05, 4.69) is 17.6 Å². The molecule has 0 aromatic rings. The number of hydrogen-bond donors (Lipinski definition) is 2. The van der Waals surface area contributed by atoms with Gasteiger partial charge >= 0.3 is 12.0 Å². The van der Waals surface area contributed by atoms with E-state index in [0.717, 1.165) is 6.42 Å². The molecule has 0 aromatic carbocycles. The molecule has 19 heavy (non-hydrogen) atoms. The van der Waals surface area contributed by atoms with E-state index in [0.29, 0.717) is 19.8 Å². The van der Waals surface area contributed by atoms with Crippen LogP contribution in [0, 0.1) is 5.41 Å². The molecule has 6 nitrogen and oxygen atoms in total. The van der Waals surface area contributed by atoms with E-state index in [1.807, 2.05) is 13.8 Å². The number of carbonyl (C=O) groups excluding carboxylic acids is 2. The summed E-state index contributed by atoms with van der Waals surface area (Å²) in [5.74, 6) is -0.287. The first-order valence-corrected chi connectivity index (χ1v) is 6.75. The predicted molar refractivity (Wildman–Crippen MR) is 70.8 cm³/mol. The smallest absolute Gasteiger partial charge is 0.315 e. The van der Waals surface area contributed by atoms with E-state index < -0.39 is 0 Å². The van der Waals surface area contributed by atoms with Crippen molar-refractivity contribution in [1.82, 2.24) is 10.6 Å². The van der Waals surface area contributed by atoms with Crippen molar-refractivity contribution in [2.24, 2.45) is 5.41 Å². The average Bonchev–Trinajstić information content (AvgIpc) is 2.27. The second-order valence-corrected chi connectivity index (χ2v) is 5.31. The van der Waals surface area contributed by atoms with Crippen LogP contribution in [0.2, 0.25) is 0 Å². The third kappa shape index (κ3) is 5.46. The van der Waals surface area contributed by atoms with Gasteiger partial charge in [-0.2, -0.15) is 0 Å². The number of amides is 2. The van der Waals surface area contributed by atoms with Gasteiger partial charge in [0.25, 0.3) is 0 Å². The molecular formula is C13H24N2O4. The van der Waals surface area contributed by atoms with Crippen molar-refractivity contribution >= 4 is 12.0 Å². The maximum Gasteiger partial charge on any atom is 0.315 e. The van der Waals surface area contributed by atoms with E-state index in [1.165, 1.54) is 0 Å². The highest BCUT2D eigenvalue weighted by Gasteiger charge is 2.38. The zero-order valence-corrected chi connectivity index (χ0v) is 12.0. The molecule has 0 aromatic heterocycles. The summed E-state index contributed by atoms with van der Waals surface area (Å²) in [4.78, 5) is 22.8. The van der Waals surface area contributed by atoms with Crippen LogP contribution in [0.1, 0.15) is 33.6 Å². The van der Waals surface area contributed by atoms with E-state index in [4.69, 9.17) is 9.47 Å². The number of hydrogen-bond acceptors (Lipinski definition) is 4. The van der Waals surface area contributed by atoms with E-state index in [9.17, 15) is 9.59 Å². The fourth-order valence-electron chi connectivity index (χ4n) is 1.68. The van der Waals surface area contributed by atoms with Gasteiger partial charge < -0.3 is 20.1 Å². The van der Waals surface area contributed by atoms with Gasteiger partial charge in [-0.25, -0.2) is 4.79 Å². The monoisotopic (exact) mass is 272 g/mol. The Hall–Kier alpha value is -1.30. The molecule has 0 saturated carbocycles. The highest BCUT2D eigenvalue weighted by Crippen LogP contribution is 2.31. The van der Waals surface area contributed by atoms with E-state index in [1.54, 1.807) is 0 Å². The second kappa shape index (κ2) is 7.33.